The molecule has 2 aromatic rings. The van der Waals surface area contributed by atoms with E-state index in [1.54, 1.807) is 24.3 Å². The molecule has 2 rings (SSSR count). The average Bonchev–Trinajstić information content (AvgIpc) is 2.62. The number of ether oxygens (including phenoxy) is 2. The van der Waals surface area contributed by atoms with Gasteiger partial charge < -0.3 is 19.9 Å². The first-order valence-corrected chi connectivity index (χ1v) is 7.47. The standard InChI is InChI=1S/C17H16N2O7/c1-25-13-6-2-11(3-7-13)10-15(16(20)21)18-17(22)26-14-8-4-12(5-9-14)19(23)24/h2-9,15H,10H2,1H3,(H,18,22)(H,20,21)/t15-/m0/s1. The number of nitrogens with one attached hydrogen (secondary N) is 1. The van der Waals surface area contributed by atoms with Crippen LogP contribution in [0.3, 0.4) is 0 Å². The van der Waals surface area contributed by atoms with Gasteiger partial charge in [0.2, 0.25) is 0 Å². The van der Waals surface area contributed by atoms with Crippen molar-refractivity contribution in [1.29, 1.82) is 0 Å². The summed E-state index contributed by atoms with van der Waals surface area (Å²) in [5.41, 5.74) is 0.537. The Morgan fingerprint density at radius 2 is 1.69 bits per heavy atom. The van der Waals surface area contributed by atoms with Crippen LogP contribution in [-0.4, -0.2) is 35.2 Å². The fourth-order valence-corrected chi connectivity index (χ4v) is 2.11. The van der Waals surface area contributed by atoms with Gasteiger partial charge >= 0.3 is 12.1 Å². The van der Waals surface area contributed by atoms with Crippen molar-refractivity contribution < 1.29 is 29.1 Å². The molecule has 0 radical (unpaired) electrons. The Morgan fingerprint density at radius 3 is 2.19 bits per heavy atom. The van der Waals surface area contributed by atoms with Crippen LogP contribution in [0.2, 0.25) is 0 Å². The molecule has 0 heterocycles. The minimum absolute atomic E-state index is 0.0503. The van der Waals surface area contributed by atoms with Crippen LogP contribution < -0.4 is 14.8 Å². The summed E-state index contributed by atoms with van der Waals surface area (Å²) in [5.74, 6) is -0.533. The molecule has 0 aromatic heterocycles. The molecule has 0 bridgehead atoms. The number of non-ortho nitro benzene ring substituents is 1. The van der Waals surface area contributed by atoms with E-state index in [4.69, 9.17) is 9.47 Å². The maximum atomic E-state index is 11.9. The van der Waals surface area contributed by atoms with Crippen molar-refractivity contribution in [3.63, 3.8) is 0 Å². The second kappa shape index (κ2) is 8.47. The minimum Gasteiger partial charge on any atom is -0.497 e. The van der Waals surface area contributed by atoms with Crippen molar-refractivity contribution in [1.82, 2.24) is 5.32 Å². The summed E-state index contributed by atoms with van der Waals surface area (Å²) in [6.07, 6.45) is -0.922. The van der Waals surface area contributed by atoms with E-state index < -0.39 is 23.0 Å². The molecule has 0 aliphatic rings. The number of hydrogen-bond donors (Lipinski definition) is 2. The fourth-order valence-electron chi connectivity index (χ4n) is 2.11. The number of nitro groups is 1. The van der Waals surface area contributed by atoms with E-state index in [9.17, 15) is 24.8 Å². The Bertz CT molecular complexity index is 788. The van der Waals surface area contributed by atoms with Gasteiger partial charge in [0, 0.05) is 18.6 Å². The fraction of sp³-hybridized carbons (Fsp3) is 0.176. The summed E-state index contributed by atoms with van der Waals surface area (Å²) >= 11 is 0. The predicted molar refractivity (Wildman–Crippen MR) is 90.4 cm³/mol. The quantitative estimate of drug-likeness (QED) is 0.573. The smallest absolute Gasteiger partial charge is 0.413 e. The third-order valence-corrected chi connectivity index (χ3v) is 3.45. The normalized spacial score (nSPS) is 11.3. The largest absolute Gasteiger partial charge is 0.497 e. The number of aliphatic carboxylic acids is 1. The van der Waals surface area contributed by atoms with Crippen LogP contribution >= 0.6 is 0 Å². The summed E-state index contributed by atoms with van der Waals surface area (Å²) < 4.78 is 9.98. The molecular formula is C17H16N2O7. The number of amides is 1. The molecule has 0 fully saturated rings. The Kier molecular flexibility index (Phi) is 6.10. The maximum Gasteiger partial charge on any atom is 0.413 e. The molecular weight excluding hydrogens is 344 g/mol. The highest BCUT2D eigenvalue weighted by Gasteiger charge is 2.21. The zero-order valence-corrected chi connectivity index (χ0v) is 13.7. The number of benzene rings is 2. The van der Waals surface area contributed by atoms with E-state index in [1.165, 1.54) is 31.4 Å². The number of carboxylic acids is 1. The Hall–Kier alpha value is -3.62. The Labute approximate surface area is 148 Å². The highest BCUT2D eigenvalue weighted by atomic mass is 16.6. The van der Waals surface area contributed by atoms with Crippen LogP contribution in [0, 0.1) is 10.1 Å². The second-order valence-corrected chi connectivity index (χ2v) is 5.23. The van der Waals surface area contributed by atoms with E-state index in [0.717, 1.165) is 0 Å². The van der Waals surface area contributed by atoms with E-state index in [-0.39, 0.29) is 17.9 Å². The molecule has 1 amide bonds. The molecule has 0 saturated carbocycles. The van der Waals surface area contributed by atoms with Gasteiger partial charge in [-0.1, -0.05) is 12.1 Å². The van der Waals surface area contributed by atoms with Gasteiger partial charge in [-0.05, 0) is 29.8 Å². The zero-order valence-electron chi connectivity index (χ0n) is 13.7. The minimum atomic E-state index is -1.22. The van der Waals surface area contributed by atoms with Gasteiger partial charge in [-0.3, -0.25) is 10.1 Å². The summed E-state index contributed by atoms with van der Waals surface area (Å²) in [7, 11) is 1.52. The highest BCUT2D eigenvalue weighted by Crippen LogP contribution is 2.17. The predicted octanol–water partition coefficient (Wildman–Crippen LogP) is 2.39. The van der Waals surface area contributed by atoms with Crippen LogP contribution in [0.5, 0.6) is 11.5 Å². The van der Waals surface area contributed by atoms with Gasteiger partial charge in [0.1, 0.15) is 17.5 Å². The molecule has 0 aliphatic heterocycles. The summed E-state index contributed by atoms with van der Waals surface area (Å²) in [6, 6.07) is 10.4. The summed E-state index contributed by atoms with van der Waals surface area (Å²) in [5, 5.41) is 22.1. The number of carbonyl (C=O) groups is 2. The second-order valence-electron chi connectivity index (χ2n) is 5.23. The van der Waals surface area contributed by atoms with Crippen molar-refractivity contribution in [2.24, 2.45) is 0 Å². The van der Waals surface area contributed by atoms with E-state index in [0.29, 0.717) is 11.3 Å². The van der Waals surface area contributed by atoms with Crippen molar-refractivity contribution in [2.75, 3.05) is 7.11 Å². The van der Waals surface area contributed by atoms with Gasteiger partial charge in [0.15, 0.2) is 0 Å². The van der Waals surface area contributed by atoms with Crippen molar-refractivity contribution in [3.05, 3.63) is 64.2 Å². The lowest BCUT2D eigenvalue weighted by Crippen LogP contribution is -2.43. The summed E-state index contributed by atoms with van der Waals surface area (Å²) in [6.45, 7) is 0. The van der Waals surface area contributed by atoms with Crippen molar-refractivity contribution >= 4 is 17.7 Å². The molecule has 0 spiro atoms. The van der Waals surface area contributed by atoms with Crippen LogP contribution in [0.25, 0.3) is 0 Å². The first-order valence-electron chi connectivity index (χ1n) is 7.47. The third-order valence-electron chi connectivity index (χ3n) is 3.45. The average molecular weight is 360 g/mol. The third kappa shape index (κ3) is 5.20. The van der Waals surface area contributed by atoms with Crippen molar-refractivity contribution in [2.45, 2.75) is 12.5 Å². The molecule has 2 N–H and O–H groups in total. The molecule has 9 heteroatoms. The molecule has 1 atom stereocenters. The van der Waals surface area contributed by atoms with Gasteiger partial charge in [-0.15, -0.1) is 0 Å². The van der Waals surface area contributed by atoms with E-state index in [2.05, 4.69) is 5.32 Å². The molecule has 0 saturated heterocycles. The first kappa shape index (κ1) is 18.7. The SMILES string of the molecule is COc1ccc(C[C@H](NC(=O)Oc2ccc([N+](=O)[O-])cc2)C(=O)O)cc1. The molecule has 0 aliphatic carbocycles. The monoisotopic (exact) mass is 360 g/mol. The van der Waals surface area contributed by atoms with Gasteiger partial charge in [-0.25, -0.2) is 9.59 Å². The van der Waals surface area contributed by atoms with Crippen LogP contribution in [0.4, 0.5) is 10.5 Å². The lowest BCUT2D eigenvalue weighted by molar-refractivity contribution is -0.384. The maximum absolute atomic E-state index is 11.9. The molecule has 136 valence electrons. The van der Waals surface area contributed by atoms with Gasteiger partial charge in [0.25, 0.3) is 5.69 Å². The highest BCUT2D eigenvalue weighted by molar-refractivity contribution is 5.81. The number of hydrogen-bond acceptors (Lipinski definition) is 6. The lowest BCUT2D eigenvalue weighted by atomic mass is 10.1. The van der Waals surface area contributed by atoms with Crippen LogP contribution in [-0.2, 0) is 11.2 Å². The number of carboxylic acid groups (broad SMARTS) is 1. The number of nitrogens with zero attached hydrogens (tertiary/aromatic N) is 1. The Balaban J connectivity index is 1.98. The van der Waals surface area contributed by atoms with E-state index >= 15 is 0 Å². The number of nitro benzene ring substituents is 1. The first-order chi connectivity index (χ1) is 12.4. The van der Waals surface area contributed by atoms with Crippen LogP contribution in [0.1, 0.15) is 5.56 Å². The molecule has 26 heavy (non-hydrogen) atoms. The molecule has 0 unspecified atom stereocenters. The molecule has 2 aromatic carbocycles. The van der Waals surface area contributed by atoms with Crippen LogP contribution in [0.15, 0.2) is 48.5 Å². The zero-order chi connectivity index (χ0) is 19.1. The topological polar surface area (TPSA) is 128 Å². The van der Waals surface area contributed by atoms with Gasteiger partial charge in [0.05, 0.1) is 12.0 Å². The number of carbonyl (C=O) groups excluding carboxylic acids is 1. The van der Waals surface area contributed by atoms with E-state index in [1.807, 2.05) is 0 Å². The van der Waals surface area contributed by atoms with Crippen molar-refractivity contribution in [3.8, 4) is 11.5 Å². The Morgan fingerprint density at radius 1 is 1.12 bits per heavy atom. The molecule has 9 nitrogen and oxygen atoms in total. The summed E-state index contributed by atoms with van der Waals surface area (Å²) in [4.78, 5) is 33.2. The number of rotatable bonds is 7. The number of methoxy groups -OCH3 is 1. The van der Waals surface area contributed by atoms with Gasteiger partial charge in [-0.2, -0.15) is 0 Å². The lowest BCUT2D eigenvalue weighted by Gasteiger charge is -2.14.